The van der Waals surface area contributed by atoms with Crippen molar-refractivity contribution in [3.63, 3.8) is 0 Å². The predicted octanol–water partition coefficient (Wildman–Crippen LogP) is 5.24. The number of rotatable bonds is 1. The Balaban J connectivity index is 1.84. The third-order valence-corrected chi connectivity index (χ3v) is 4.95. The van der Waals surface area contributed by atoms with Crippen LogP contribution in [0.25, 0.3) is 22.3 Å². The summed E-state index contributed by atoms with van der Waals surface area (Å²) < 4.78 is 3.90. The van der Waals surface area contributed by atoms with Gasteiger partial charge in [-0.1, -0.05) is 41.5 Å². The Bertz CT molecular complexity index is 1100. The number of nitrogens with zero attached hydrogens (tertiary/aromatic N) is 4. The Morgan fingerprint density at radius 1 is 0.808 bits per heavy atom. The van der Waals surface area contributed by atoms with Gasteiger partial charge in [0.25, 0.3) is 0 Å². The number of aromatic nitrogens is 4. The molecule has 26 heavy (non-hydrogen) atoms. The lowest BCUT2D eigenvalue weighted by atomic mass is 9.87. The van der Waals surface area contributed by atoms with Crippen LogP contribution in [-0.4, -0.2) is 19.2 Å². The maximum absolute atomic E-state index is 4.78. The van der Waals surface area contributed by atoms with Crippen molar-refractivity contribution >= 4 is 11.0 Å². The molecule has 4 nitrogen and oxygen atoms in total. The number of hydrogen-bond acceptors (Lipinski definition) is 2. The summed E-state index contributed by atoms with van der Waals surface area (Å²) in [5, 5.41) is 9.27. The van der Waals surface area contributed by atoms with Gasteiger partial charge in [0.15, 0.2) is 0 Å². The Hall–Kier alpha value is -2.62. The zero-order valence-corrected chi connectivity index (χ0v) is 16.4. The van der Waals surface area contributed by atoms with Gasteiger partial charge in [-0.2, -0.15) is 10.2 Å². The summed E-state index contributed by atoms with van der Waals surface area (Å²) in [5.74, 6) is 0. The average Bonchev–Trinajstić information content (AvgIpc) is 3.16. The standard InChI is InChI=1S/C22H26N4/c1-21(2,3)16-8-10-25-17(12-16)13-19(24-25)15-7-9-26-20(11-15)18(14-23-26)22(4,5)6/h7-14H,1-6H3. The first-order valence-corrected chi connectivity index (χ1v) is 9.11. The molecule has 4 heteroatoms. The quantitative estimate of drug-likeness (QED) is 0.472. The van der Waals surface area contributed by atoms with E-state index >= 15 is 0 Å². The highest BCUT2D eigenvalue weighted by Crippen LogP contribution is 2.30. The van der Waals surface area contributed by atoms with E-state index in [1.54, 1.807) is 0 Å². The summed E-state index contributed by atoms with van der Waals surface area (Å²) >= 11 is 0. The van der Waals surface area contributed by atoms with E-state index in [0.29, 0.717) is 0 Å². The smallest absolute Gasteiger partial charge is 0.0935 e. The minimum absolute atomic E-state index is 0.0564. The van der Waals surface area contributed by atoms with Gasteiger partial charge < -0.3 is 0 Å². The van der Waals surface area contributed by atoms with Gasteiger partial charge in [-0.25, -0.2) is 9.03 Å². The normalized spacial score (nSPS) is 13.0. The van der Waals surface area contributed by atoms with Crippen LogP contribution in [0.2, 0.25) is 0 Å². The van der Waals surface area contributed by atoms with Crippen LogP contribution in [0.3, 0.4) is 0 Å². The molecular weight excluding hydrogens is 320 g/mol. The summed E-state index contributed by atoms with van der Waals surface area (Å²) in [6.45, 7) is 13.4. The zero-order chi connectivity index (χ0) is 18.7. The molecular formula is C22H26N4. The maximum Gasteiger partial charge on any atom is 0.0935 e. The van der Waals surface area contributed by atoms with E-state index in [1.165, 1.54) is 11.1 Å². The molecule has 0 spiro atoms. The molecule has 0 unspecified atom stereocenters. The molecule has 134 valence electrons. The molecule has 4 aromatic heterocycles. The van der Waals surface area contributed by atoms with Crippen LogP contribution in [0.1, 0.15) is 52.7 Å². The Morgan fingerprint density at radius 3 is 2.23 bits per heavy atom. The van der Waals surface area contributed by atoms with Gasteiger partial charge in [-0.15, -0.1) is 0 Å². The van der Waals surface area contributed by atoms with Crippen molar-refractivity contribution in [1.29, 1.82) is 0 Å². The summed E-state index contributed by atoms with van der Waals surface area (Å²) in [5.41, 5.74) is 7.12. The molecule has 0 atom stereocenters. The Kier molecular flexibility index (Phi) is 3.52. The summed E-state index contributed by atoms with van der Waals surface area (Å²) in [4.78, 5) is 0. The molecule has 0 aliphatic carbocycles. The third kappa shape index (κ3) is 2.79. The van der Waals surface area contributed by atoms with Crippen LogP contribution in [0.15, 0.2) is 48.9 Å². The fourth-order valence-corrected chi connectivity index (χ4v) is 3.32. The average molecular weight is 346 g/mol. The summed E-state index contributed by atoms with van der Waals surface area (Å²) in [7, 11) is 0. The Morgan fingerprint density at radius 2 is 1.54 bits per heavy atom. The molecule has 0 aromatic carbocycles. The topological polar surface area (TPSA) is 34.6 Å². The van der Waals surface area contributed by atoms with Gasteiger partial charge in [0, 0.05) is 23.5 Å². The van der Waals surface area contributed by atoms with Gasteiger partial charge in [-0.3, -0.25) is 0 Å². The van der Waals surface area contributed by atoms with E-state index in [9.17, 15) is 0 Å². The zero-order valence-electron chi connectivity index (χ0n) is 16.4. The second-order valence-corrected chi connectivity index (χ2v) is 9.12. The van der Waals surface area contributed by atoms with Crippen molar-refractivity contribution in [2.45, 2.75) is 52.4 Å². The lowest BCUT2D eigenvalue weighted by molar-refractivity contribution is 0.589. The number of fused-ring (bicyclic) bond motifs is 2. The minimum atomic E-state index is 0.0564. The second-order valence-electron chi connectivity index (χ2n) is 9.12. The molecule has 4 heterocycles. The molecule has 0 N–H and O–H groups in total. The summed E-state index contributed by atoms with van der Waals surface area (Å²) in [6, 6.07) is 10.8. The van der Waals surface area contributed by atoms with Crippen LogP contribution in [0, 0.1) is 0 Å². The highest BCUT2D eigenvalue weighted by atomic mass is 15.2. The monoisotopic (exact) mass is 346 g/mol. The predicted molar refractivity (Wildman–Crippen MR) is 107 cm³/mol. The molecule has 0 aliphatic rings. The fourth-order valence-electron chi connectivity index (χ4n) is 3.32. The van der Waals surface area contributed by atoms with E-state index in [4.69, 9.17) is 5.10 Å². The minimum Gasteiger partial charge on any atom is -0.241 e. The fraction of sp³-hybridized carbons (Fsp3) is 0.364. The van der Waals surface area contributed by atoms with Gasteiger partial charge in [0.1, 0.15) is 0 Å². The van der Waals surface area contributed by atoms with Crippen molar-refractivity contribution in [3.8, 4) is 11.3 Å². The van der Waals surface area contributed by atoms with Crippen LogP contribution in [0.4, 0.5) is 0 Å². The van der Waals surface area contributed by atoms with Crippen LogP contribution >= 0.6 is 0 Å². The van der Waals surface area contributed by atoms with E-state index in [1.807, 2.05) is 21.4 Å². The first kappa shape index (κ1) is 16.8. The van der Waals surface area contributed by atoms with Gasteiger partial charge >= 0.3 is 0 Å². The summed E-state index contributed by atoms with van der Waals surface area (Å²) in [6.07, 6.45) is 6.04. The van der Waals surface area contributed by atoms with E-state index in [0.717, 1.165) is 22.3 Å². The number of pyridine rings is 2. The molecule has 0 saturated heterocycles. The highest BCUT2D eigenvalue weighted by molar-refractivity contribution is 5.72. The molecule has 0 aliphatic heterocycles. The van der Waals surface area contributed by atoms with Crippen molar-refractivity contribution in [3.05, 3.63) is 60.0 Å². The van der Waals surface area contributed by atoms with Crippen LogP contribution in [0.5, 0.6) is 0 Å². The van der Waals surface area contributed by atoms with Crippen molar-refractivity contribution in [2.24, 2.45) is 0 Å². The molecule has 0 radical (unpaired) electrons. The van der Waals surface area contributed by atoms with Crippen molar-refractivity contribution < 1.29 is 0 Å². The molecule has 0 fully saturated rings. The van der Waals surface area contributed by atoms with E-state index < -0.39 is 0 Å². The molecule has 4 aromatic rings. The Labute approximate surface area is 154 Å². The van der Waals surface area contributed by atoms with Gasteiger partial charge in [0.2, 0.25) is 0 Å². The molecule has 0 bridgehead atoms. The van der Waals surface area contributed by atoms with Gasteiger partial charge in [0.05, 0.1) is 22.9 Å². The van der Waals surface area contributed by atoms with Gasteiger partial charge in [-0.05, 0) is 46.7 Å². The van der Waals surface area contributed by atoms with E-state index in [-0.39, 0.29) is 10.8 Å². The lowest BCUT2D eigenvalue weighted by Gasteiger charge is -2.18. The maximum atomic E-state index is 4.78. The second kappa shape index (κ2) is 5.44. The number of hydrogen-bond donors (Lipinski definition) is 0. The van der Waals surface area contributed by atoms with Crippen molar-refractivity contribution in [2.75, 3.05) is 0 Å². The first-order valence-electron chi connectivity index (χ1n) is 9.11. The van der Waals surface area contributed by atoms with E-state index in [2.05, 4.69) is 83.2 Å². The third-order valence-electron chi connectivity index (χ3n) is 4.95. The first-order chi connectivity index (χ1) is 12.1. The lowest BCUT2D eigenvalue weighted by Crippen LogP contribution is -2.11. The van der Waals surface area contributed by atoms with Crippen LogP contribution in [-0.2, 0) is 10.8 Å². The molecule has 0 saturated carbocycles. The highest BCUT2D eigenvalue weighted by Gasteiger charge is 2.20. The SMILES string of the molecule is CC(C)(C)c1ccn2nc(-c3ccn4ncc(C(C)(C)C)c4c3)cc2c1. The molecule has 0 amide bonds. The largest absolute Gasteiger partial charge is 0.241 e. The van der Waals surface area contributed by atoms with Crippen LogP contribution < -0.4 is 0 Å². The van der Waals surface area contributed by atoms with Crippen molar-refractivity contribution in [1.82, 2.24) is 19.2 Å². The molecule has 4 rings (SSSR count).